The Morgan fingerprint density at radius 2 is 2.12 bits per heavy atom. The van der Waals surface area contributed by atoms with E-state index in [9.17, 15) is 0 Å². The van der Waals surface area contributed by atoms with E-state index in [2.05, 4.69) is 35.0 Å². The van der Waals surface area contributed by atoms with Crippen LogP contribution in [0.1, 0.15) is 19.8 Å². The summed E-state index contributed by atoms with van der Waals surface area (Å²) >= 11 is 6.20. The standard InChI is InChI=1S/C20H26ClN5/c1-4-25-18(26-11-8-20(3,14-22)9-12-26)7-10-24-13-16-5-6-17(23)15(2)19(16)21/h4-7,10,13,23H,1-2,8-9,11-12,14,22H2,3H3/b10-7+,23-17?,24-13?,25-18?. The summed E-state index contributed by atoms with van der Waals surface area (Å²) in [6.45, 7) is 12.3. The molecular formula is C20H26ClN5. The van der Waals surface area contributed by atoms with Gasteiger partial charge in [0.15, 0.2) is 0 Å². The Labute approximate surface area is 160 Å². The molecule has 1 aliphatic carbocycles. The van der Waals surface area contributed by atoms with Crippen LogP contribution in [0.3, 0.4) is 0 Å². The van der Waals surface area contributed by atoms with E-state index in [1.807, 2.05) is 6.08 Å². The van der Waals surface area contributed by atoms with Crippen LogP contribution in [-0.2, 0) is 0 Å². The van der Waals surface area contributed by atoms with Crippen LogP contribution in [0.5, 0.6) is 0 Å². The first-order valence-electron chi connectivity index (χ1n) is 8.60. The normalized spacial score (nSPS) is 21.3. The molecule has 0 amide bonds. The van der Waals surface area contributed by atoms with Crippen LogP contribution >= 0.6 is 11.6 Å². The second-order valence-corrected chi connectivity index (χ2v) is 7.14. The van der Waals surface area contributed by atoms with Gasteiger partial charge in [0.05, 0.1) is 10.7 Å². The Morgan fingerprint density at radius 1 is 1.42 bits per heavy atom. The molecule has 3 N–H and O–H groups in total. The predicted molar refractivity (Wildman–Crippen MR) is 112 cm³/mol. The number of likely N-dealkylation sites (tertiary alicyclic amines) is 1. The lowest BCUT2D eigenvalue weighted by molar-refractivity contribution is 0.176. The minimum atomic E-state index is 0.213. The fourth-order valence-electron chi connectivity index (χ4n) is 2.78. The van der Waals surface area contributed by atoms with Crippen molar-refractivity contribution < 1.29 is 0 Å². The van der Waals surface area contributed by atoms with Crippen molar-refractivity contribution >= 4 is 29.4 Å². The highest BCUT2D eigenvalue weighted by atomic mass is 35.5. The number of nitrogens with one attached hydrogen (secondary N) is 1. The van der Waals surface area contributed by atoms with Gasteiger partial charge in [-0.2, -0.15) is 0 Å². The van der Waals surface area contributed by atoms with Crippen molar-refractivity contribution in [1.82, 2.24) is 4.90 Å². The summed E-state index contributed by atoms with van der Waals surface area (Å²) in [6, 6.07) is 0. The highest BCUT2D eigenvalue weighted by Crippen LogP contribution is 2.29. The molecule has 6 heteroatoms. The maximum Gasteiger partial charge on any atom is 0.129 e. The highest BCUT2D eigenvalue weighted by molar-refractivity contribution is 6.39. The van der Waals surface area contributed by atoms with E-state index < -0.39 is 0 Å². The third-order valence-electron chi connectivity index (χ3n) is 4.81. The lowest BCUT2D eigenvalue weighted by Gasteiger charge is -2.39. The van der Waals surface area contributed by atoms with Crippen molar-refractivity contribution in [3.05, 3.63) is 60.0 Å². The third-order valence-corrected chi connectivity index (χ3v) is 5.25. The third kappa shape index (κ3) is 4.90. The molecule has 0 aromatic rings. The zero-order chi connectivity index (χ0) is 19.2. The molecule has 0 saturated carbocycles. The number of aliphatic imine (C=N–C) groups is 2. The van der Waals surface area contributed by atoms with Crippen molar-refractivity contribution in [3.63, 3.8) is 0 Å². The molecule has 26 heavy (non-hydrogen) atoms. The van der Waals surface area contributed by atoms with Gasteiger partial charge >= 0.3 is 0 Å². The van der Waals surface area contributed by atoms with Crippen molar-refractivity contribution in [2.45, 2.75) is 19.8 Å². The quantitative estimate of drug-likeness (QED) is 0.569. The molecule has 0 aromatic heterocycles. The van der Waals surface area contributed by atoms with E-state index in [4.69, 9.17) is 22.7 Å². The van der Waals surface area contributed by atoms with Gasteiger partial charge in [0.1, 0.15) is 5.84 Å². The molecule has 1 aliphatic heterocycles. The van der Waals surface area contributed by atoms with Crippen molar-refractivity contribution in [2.75, 3.05) is 19.6 Å². The van der Waals surface area contributed by atoms with Gasteiger partial charge < -0.3 is 16.0 Å². The lowest BCUT2D eigenvalue weighted by Crippen LogP contribution is -2.44. The molecule has 1 heterocycles. The molecule has 1 saturated heterocycles. The number of nitrogens with two attached hydrogens (primary N) is 1. The molecule has 2 aliphatic rings. The molecule has 0 unspecified atom stereocenters. The van der Waals surface area contributed by atoms with E-state index in [0.29, 0.717) is 22.9 Å². The topological polar surface area (TPSA) is 77.8 Å². The van der Waals surface area contributed by atoms with Crippen LogP contribution in [0.2, 0.25) is 0 Å². The molecule has 0 radical (unpaired) electrons. The summed E-state index contributed by atoms with van der Waals surface area (Å²) in [6.07, 6.45) is 12.2. The molecule has 0 bridgehead atoms. The second-order valence-electron chi connectivity index (χ2n) is 6.76. The fourth-order valence-corrected chi connectivity index (χ4v) is 2.99. The van der Waals surface area contributed by atoms with Crippen LogP contribution in [0.15, 0.2) is 69.9 Å². The summed E-state index contributed by atoms with van der Waals surface area (Å²) < 4.78 is 0. The lowest BCUT2D eigenvalue weighted by atomic mass is 9.80. The Hall–Kier alpha value is -2.24. The molecule has 0 atom stereocenters. The zero-order valence-corrected chi connectivity index (χ0v) is 16.0. The fraction of sp³-hybridized carbons (Fsp3) is 0.350. The molecule has 0 aromatic carbocycles. The number of hydrogen-bond donors (Lipinski definition) is 2. The van der Waals surface area contributed by atoms with Gasteiger partial charge in [0.25, 0.3) is 0 Å². The largest absolute Gasteiger partial charge is 0.357 e. The van der Waals surface area contributed by atoms with E-state index in [0.717, 1.165) is 37.3 Å². The first-order valence-corrected chi connectivity index (χ1v) is 8.97. The van der Waals surface area contributed by atoms with Crippen LogP contribution < -0.4 is 5.73 Å². The predicted octanol–water partition coefficient (Wildman–Crippen LogP) is 3.81. The minimum absolute atomic E-state index is 0.213. The summed E-state index contributed by atoms with van der Waals surface area (Å²) in [4.78, 5) is 10.9. The number of halogens is 1. The summed E-state index contributed by atoms with van der Waals surface area (Å²) in [5.41, 5.74) is 7.65. The highest BCUT2D eigenvalue weighted by Gasteiger charge is 2.29. The summed E-state index contributed by atoms with van der Waals surface area (Å²) in [5, 5.41) is 8.13. The van der Waals surface area contributed by atoms with Crippen LogP contribution in [0.4, 0.5) is 0 Å². The maximum absolute atomic E-state index is 7.68. The van der Waals surface area contributed by atoms with E-state index in [1.165, 1.54) is 0 Å². The number of hydrogen-bond acceptors (Lipinski definition) is 4. The minimum Gasteiger partial charge on any atom is -0.357 e. The molecular weight excluding hydrogens is 346 g/mol. The van der Waals surface area contributed by atoms with Gasteiger partial charge in [0, 0.05) is 42.9 Å². The SMILES string of the molecule is C=CN=C(/C=C/N=CC1=C(Cl)C(=C)C(=N)C=C1)N1CCC(C)(CN)CC1. The first kappa shape index (κ1) is 20.1. The molecule has 1 fully saturated rings. The number of rotatable bonds is 5. The first-order chi connectivity index (χ1) is 12.4. The number of nitrogens with zero attached hydrogens (tertiary/aromatic N) is 3. The van der Waals surface area contributed by atoms with Gasteiger partial charge in [0.2, 0.25) is 0 Å². The average Bonchev–Trinajstić information content (AvgIpc) is 2.64. The van der Waals surface area contributed by atoms with Gasteiger partial charge in [-0.1, -0.05) is 31.7 Å². The Bertz CT molecular complexity index is 731. The smallest absolute Gasteiger partial charge is 0.129 e. The van der Waals surface area contributed by atoms with Gasteiger partial charge in [-0.05, 0) is 43.0 Å². The van der Waals surface area contributed by atoms with Crippen LogP contribution in [-0.4, -0.2) is 42.3 Å². The summed E-state index contributed by atoms with van der Waals surface area (Å²) in [5.74, 6) is 0.835. The average molecular weight is 372 g/mol. The van der Waals surface area contributed by atoms with E-state index in [-0.39, 0.29) is 5.41 Å². The molecule has 2 rings (SSSR count). The molecule has 0 spiro atoms. The molecule has 5 nitrogen and oxygen atoms in total. The number of allylic oxidation sites excluding steroid dienone is 5. The van der Waals surface area contributed by atoms with Crippen molar-refractivity contribution in [1.29, 1.82) is 5.41 Å². The van der Waals surface area contributed by atoms with Gasteiger partial charge in [-0.15, -0.1) is 0 Å². The van der Waals surface area contributed by atoms with E-state index >= 15 is 0 Å². The van der Waals surface area contributed by atoms with E-state index in [1.54, 1.807) is 30.8 Å². The number of piperidine rings is 1. The Kier molecular flexibility index (Phi) is 6.89. The van der Waals surface area contributed by atoms with Gasteiger partial charge in [-0.25, -0.2) is 4.99 Å². The molecule has 138 valence electrons. The zero-order valence-electron chi connectivity index (χ0n) is 15.2. The second kappa shape index (κ2) is 8.92. The van der Waals surface area contributed by atoms with Gasteiger partial charge in [-0.3, -0.25) is 4.99 Å². The monoisotopic (exact) mass is 371 g/mol. The summed E-state index contributed by atoms with van der Waals surface area (Å²) in [7, 11) is 0. The Morgan fingerprint density at radius 3 is 2.73 bits per heavy atom. The Balaban J connectivity index is 2.04. The van der Waals surface area contributed by atoms with Crippen LogP contribution in [0, 0.1) is 10.8 Å². The van der Waals surface area contributed by atoms with Crippen LogP contribution in [0.25, 0.3) is 0 Å². The maximum atomic E-state index is 7.68. The van der Waals surface area contributed by atoms with Crippen molar-refractivity contribution in [2.24, 2.45) is 21.1 Å². The number of amidine groups is 1. The van der Waals surface area contributed by atoms with Crippen molar-refractivity contribution in [3.8, 4) is 0 Å².